The van der Waals surface area contributed by atoms with Crippen molar-refractivity contribution < 1.29 is 9.53 Å². The molecule has 0 aromatic carbocycles. The molecule has 3 aromatic rings. The summed E-state index contributed by atoms with van der Waals surface area (Å²) >= 11 is 1.45. The van der Waals surface area contributed by atoms with Crippen molar-refractivity contribution in [3.8, 4) is 10.8 Å². The fraction of sp³-hybridized carbons (Fsp3) is 0.519. The van der Waals surface area contributed by atoms with E-state index in [0.29, 0.717) is 30.1 Å². The van der Waals surface area contributed by atoms with Gasteiger partial charge >= 0.3 is 0 Å². The van der Waals surface area contributed by atoms with Crippen LogP contribution in [-0.4, -0.2) is 63.1 Å². The van der Waals surface area contributed by atoms with E-state index in [-0.39, 0.29) is 11.5 Å². The fourth-order valence-electron chi connectivity index (χ4n) is 5.32. The normalized spacial score (nSPS) is 20.6. The van der Waals surface area contributed by atoms with Gasteiger partial charge in [0.05, 0.1) is 29.8 Å². The van der Waals surface area contributed by atoms with E-state index in [9.17, 15) is 4.79 Å². The lowest BCUT2D eigenvalue weighted by Gasteiger charge is -2.40. The molecule has 204 valence electrons. The van der Waals surface area contributed by atoms with E-state index in [0.717, 1.165) is 61.0 Å². The minimum atomic E-state index is -0.285. The van der Waals surface area contributed by atoms with Gasteiger partial charge < -0.3 is 29.7 Å². The quantitative estimate of drug-likeness (QED) is 0.432. The lowest BCUT2D eigenvalue weighted by molar-refractivity contribution is -0.0132. The molecule has 0 unspecified atom stereocenters. The molecule has 1 amide bonds. The van der Waals surface area contributed by atoms with E-state index in [1.54, 1.807) is 13.4 Å². The molecule has 2 N–H and O–H groups in total. The number of hydrogen-bond acceptors (Lipinski definition) is 10. The van der Waals surface area contributed by atoms with Crippen LogP contribution in [0.4, 0.5) is 17.2 Å². The summed E-state index contributed by atoms with van der Waals surface area (Å²) < 4.78 is 7.82. The highest BCUT2D eigenvalue weighted by Crippen LogP contribution is 2.40. The van der Waals surface area contributed by atoms with Crippen LogP contribution < -0.4 is 20.4 Å². The Kier molecular flexibility index (Phi) is 6.03. The molecule has 0 spiro atoms. The van der Waals surface area contributed by atoms with E-state index in [2.05, 4.69) is 58.3 Å². The van der Waals surface area contributed by atoms with Crippen LogP contribution in [0, 0.1) is 5.92 Å². The Morgan fingerprint density at radius 1 is 1.21 bits per heavy atom. The number of nitrogens with one attached hydrogen (secondary N) is 2. The maximum atomic E-state index is 13.3. The summed E-state index contributed by atoms with van der Waals surface area (Å²) in [5.74, 6) is 1.59. The topological polar surface area (TPSA) is 113 Å². The maximum absolute atomic E-state index is 13.3. The number of anilines is 3. The molecule has 3 fully saturated rings. The van der Waals surface area contributed by atoms with Gasteiger partial charge in [-0.2, -0.15) is 0 Å². The zero-order valence-electron chi connectivity index (χ0n) is 22.3. The van der Waals surface area contributed by atoms with Gasteiger partial charge in [0.15, 0.2) is 10.8 Å². The number of nitrogens with zero attached hydrogens (tertiary/aromatic N) is 7. The summed E-state index contributed by atoms with van der Waals surface area (Å²) in [6, 6.07) is 2.36. The maximum Gasteiger partial charge on any atom is 0.275 e. The lowest BCUT2D eigenvalue weighted by atomic mass is 9.93. The molecule has 1 saturated heterocycles. The summed E-state index contributed by atoms with van der Waals surface area (Å²) in [5.41, 5.74) is 3.56. The van der Waals surface area contributed by atoms with Crippen molar-refractivity contribution >= 4 is 34.4 Å². The van der Waals surface area contributed by atoms with Crippen molar-refractivity contribution in [2.45, 2.75) is 57.1 Å². The minimum absolute atomic E-state index is 0.101. The van der Waals surface area contributed by atoms with E-state index in [4.69, 9.17) is 4.74 Å². The van der Waals surface area contributed by atoms with Crippen molar-refractivity contribution in [1.82, 2.24) is 30.0 Å². The van der Waals surface area contributed by atoms with Gasteiger partial charge in [-0.3, -0.25) is 4.79 Å². The predicted octanol–water partition coefficient (Wildman–Crippen LogP) is 4.01. The molecule has 39 heavy (non-hydrogen) atoms. The standard InChI is InChI=1S/C27H33N9O2S/c1-27(38-2)7-9-34(10-8-27)22-12-28-19(11-21(22)35-13-20(29-15-35)17-3-4-17)25(37)31-23-14-39-26(32-23)24-33-30-16-36(24)18-5-6-18/h11-14,16-18,29H,3-10,15H2,1-2H3,(H,31,37). The second-order valence-corrected chi connectivity index (χ2v) is 12.0. The molecule has 0 bridgehead atoms. The number of carbonyl (C=O) groups is 1. The average Bonchev–Trinajstić information content (AvgIpc) is 3.83. The molecule has 11 nitrogen and oxygen atoms in total. The SMILES string of the molecule is COC1(C)CCN(c2cnc(C(=O)Nc3csc(-c4nncn4C4CC4)n3)cc2N2C=C(C3CC3)NC2)CC1. The van der Waals surface area contributed by atoms with Crippen LogP contribution in [0.2, 0.25) is 0 Å². The third kappa shape index (κ3) is 4.87. The number of aromatic nitrogens is 5. The van der Waals surface area contributed by atoms with Crippen LogP contribution in [0.25, 0.3) is 10.8 Å². The molecule has 12 heteroatoms. The van der Waals surface area contributed by atoms with Gasteiger partial charge in [0.25, 0.3) is 5.91 Å². The van der Waals surface area contributed by atoms with Crippen LogP contribution in [0.5, 0.6) is 0 Å². The molecule has 0 radical (unpaired) electrons. The van der Waals surface area contributed by atoms with E-state index in [1.165, 1.54) is 29.9 Å². The highest BCUT2D eigenvalue weighted by molar-refractivity contribution is 7.13. The second kappa shape index (κ2) is 9.60. The van der Waals surface area contributed by atoms with Crippen LogP contribution >= 0.6 is 11.3 Å². The summed E-state index contributed by atoms with van der Waals surface area (Å²) in [7, 11) is 1.79. The van der Waals surface area contributed by atoms with Crippen molar-refractivity contribution in [3.05, 3.63) is 41.6 Å². The van der Waals surface area contributed by atoms with Crippen LogP contribution in [0.3, 0.4) is 0 Å². The summed E-state index contributed by atoms with van der Waals surface area (Å²) in [5, 5.41) is 17.4. The first-order valence-electron chi connectivity index (χ1n) is 13.7. The molecule has 2 saturated carbocycles. The Morgan fingerprint density at radius 2 is 2.03 bits per heavy atom. The number of ether oxygens (including phenoxy) is 1. The number of thiazole rings is 1. The number of pyridine rings is 1. The Bertz CT molecular complexity index is 1420. The summed E-state index contributed by atoms with van der Waals surface area (Å²) in [4.78, 5) is 27.1. The van der Waals surface area contributed by atoms with Gasteiger partial charge in [0.1, 0.15) is 17.8 Å². The van der Waals surface area contributed by atoms with Gasteiger partial charge in [0, 0.05) is 49.4 Å². The largest absolute Gasteiger partial charge is 0.378 e. The first-order valence-corrected chi connectivity index (χ1v) is 14.6. The van der Waals surface area contributed by atoms with E-state index in [1.807, 2.05) is 17.6 Å². The van der Waals surface area contributed by atoms with Crippen LogP contribution in [0.1, 0.15) is 62.0 Å². The number of piperidine rings is 1. The molecule has 3 aromatic heterocycles. The Labute approximate surface area is 231 Å². The van der Waals surface area contributed by atoms with Gasteiger partial charge in [-0.15, -0.1) is 21.5 Å². The monoisotopic (exact) mass is 547 g/mol. The molecule has 0 atom stereocenters. The number of amides is 1. The molecular formula is C27H33N9O2S. The molecular weight excluding hydrogens is 514 g/mol. The van der Waals surface area contributed by atoms with Crippen molar-refractivity contribution in [2.75, 3.05) is 42.0 Å². The second-order valence-electron chi connectivity index (χ2n) is 11.1. The van der Waals surface area contributed by atoms with Crippen molar-refractivity contribution in [3.63, 3.8) is 0 Å². The number of rotatable bonds is 8. The molecule has 5 heterocycles. The zero-order valence-corrected chi connectivity index (χ0v) is 23.1. The summed E-state index contributed by atoms with van der Waals surface area (Å²) in [6.45, 7) is 4.60. The lowest BCUT2D eigenvalue weighted by Crippen LogP contribution is -2.44. The highest BCUT2D eigenvalue weighted by Gasteiger charge is 2.34. The Balaban J connectivity index is 1.13. The molecule has 2 aliphatic carbocycles. The number of hydrogen-bond donors (Lipinski definition) is 2. The van der Waals surface area contributed by atoms with Crippen LogP contribution in [-0.2, 0) is 4.74 Å². The highest BCUT2D eigenvalue weighted by atomic mass is 32.1. The number of allylic oxidation sites excluding steroid dienone is 1. The molecule has 4 aliphatic rings. The van der Waals surface area contributed by atoms with Gasteiger partial charge in [0.2, 0.25) is 0 Å². The zero-order chi connectivity index (χ0) is 26.6. The summed E-state index contributed by atoms with van der Waals surface area (Å²) in [6.07, 6.45) is 12.4. The van der Waals surface area contributed by atoms with E-state index < -0.39 is 0 Å². The minimum Gasteiger partial charge on any atom is -0.378 e. The Hall–Kier alpha value is -3.51. The van der Waals surface area contributed by atoms with Crippen molar-refractivity contribution in [1.29, 1.82) is 0 Å². The predicted molar refractivity (Wildman–Crippen MR) is 150 cm³/mol. The molecule has 2 aliphatic heterocycles. The first kappa shape index (κ1) is 24.5. The average molecular weight is 548 g/mol. The number of carbonyl (C=O) groups excluding carboxylic acids is 1. The van der Waals surface area contributed by atoms with Gasteiger partial charge in [-0.25, -0.2) is 9.97 Å². The third-order valence-electron chi connectivity index (χ3n) is 8.27. The Morgan fingerprint density at radius 3 is 2.77 bits per heavy atom. The first-order chi connectivity index (χ1) is 19.0. The smallest absolute Gasteiger partial charge is 0.275 e. The third-order valence-corrected chi connectivity index (χ3v) is 9.11. The molecule has 7 rings (SSSR count). The van der Waals surface area contributed by atoms with E-state index >= 15 is 0 Å². The van der Waals surface area contributed by atoms with Crippen LogP contribution in [0.15, 0.2) is 35.9 Å². The fourth-order valence-corrected chi connectivity index (χ4v) is 6.06. The number of methoxy groups -OCH3 is 1. The van der Waals surface area contributed by atoms with Crippen molar-refractivity contribution in [2.24, 2.45) is 5.92 Å². The van der Waals surface area contributed by atoms with Gasteiger partial charge in [-0.05, 0) is 51.5 Å². The van der Waals surface area contributed by atoms with Gasteiger partial charge in [-0.1, -0.05) is 0 Å².